The standard InChI is InChI=1S/C54H35NO/c1-3-13-36(14-4-1)38-25-29-41(30-26-38)55(42-31-27-39(28-32-42)37-15-5-2-6-16-37)43-18-11-17-40(35-43)44-22-12-23-46-48-33-34-51-54(49-21-9-10-24-50(49)56-51)53(48)47-20-8-7-19-45(47)52(44)46/h1-35H. The van der Waals surface area contributed by atoms with Gasteiger partial charge in [0.1, 0.15) is 11.2 Å². The molecule has 0 saturated carbocycles. The van der Waals surface area contributed by atoms with Crippen LogP contribution in [0.15, 0.2) is 217 Å². The third kappa shape index (κ3) is 5.26. The average Bonchev–Trinajstić information content (AvgIpc) is 3.66. The second-order valence-electron chi connectivity index (χ2n) is 14.4. The summed E-state index contributed by atoms with van der Waals surface area (Å²) in [5.41, 5.74) is 12.3. The molecule has 0 unspecified atom stereocenters. The van der Waals surface area contributed by atoms with Gasteiger partial charge < -0.3 is 9.32 Å². The fourth-order valence-electron chi connectivity index (χ4n) is 8.67. The fraction of sp³-hybridized carbons (Fsp3) is 0. The van der Waals surface area contributed by atoms with Crippen molar-refractivity contribution in [2.75, 3.05) is 4.90 Å². The van der Waals surface area contributed by atoms with Crippen molar-refractivity contribution < 1.29 is 4.42 Å². The Kier molecular flexibility index (Phi) is 7.53. The first-order valence-electron chi connectivity index (χ1n) is 19.2. The molecular formula is C54H35NO. The van der Waals surface area contributed by atoms with Gasteiger partial charge in [-0.2, -0.15) is 0 Å². The van der Waals surface area contributed by atoms with Gasteiger partial charge in [0.2, 0.25) is 0 Å². The van der Waals surface area contributed by atoms with Crippen LogP contribution in [0.2, 0.25) is 0 Å². The van der Waals surface area contributed by atoms with Gasteiger partial charge in [-0.3, -0.25) is 0 Å². The monoisotopic (exact) mass is 713 g/mol. The SMILES string of the molecule is c1ccc(-c2ccc(N(c3ccc(-c4ccccc4)cc3)c3cccc(-c4cccc5c6ccc7oc8ccccc8c7c6c6ccccc6c45)c3)cc2)cc1. The van der Waals surface area contributed by atoms with Crippen LogP contribution in [0, 0.1) is 0 Å². The molecule has 0 saturated heterocycles. The molecule has 0 aliphatic heterocycles. The van der Waals surface area contributed by atoms with Gasteiger partial charge in [0, 0.05) is 33.2 Å². The number of hydrogen-bond acceptors (Lipinski definition) is 2. The molecule has 1 aromatic heterocycles. The van der Waals surface area contributed by atoms with Gasteiger partial charge in [-0.25, -0.2) is 0 Å². The molecule has 0 spiro atoms. The Bertz CT molecular complexity index is 3100. The maximum absolute atomic E-state index is 6.38. The van der Waals surface area contributed by atoms with Gasteiger partial charge in [0.15, 0.2) is 0 Å². The minimum Gasteiger partial charge on any atom is -0.456 e. The molecule has 0 atom stereocenters. The van der Waals surface area contributed by atoms with Crippen molar-refractivity contribution in [1.82, 2.24) is 0 Å². The van der Waals surface area contributed by atoms with E-state index in [4.69, 9.17) is 4.42 Å². The number of furan rings is 1. The van der Waals surface area contributed by atoms with E-state index >= 15 is 0 Å². The number of rotatable bonds is 6. The minimum absolute atomic E-state index is 0.915. The smallest absolute Gasteiger partial charge is 0.136 e. The van der Waals surface area contributed by atoms with Crippen LogP contribution in [0.5, 0.6) is 0 Å². The van der Waals surface area contributed by atoms with Crippen molar-refractivity contribution in [2.45, 2.75) is 0 Å². The summed E-state index contributed by atoms with van der Waals surface area (Å²) in [6, 6.07) is 76.4. The zero-order valence-electron chi connectivity index (χ0n) is 30.6. The Morgan fingerprint density at radius 3 is 1.39 bits per heavy atom. The maximum Gasteiger partial charge on any atom is 0.136 e. The Balaban J connectivity index is 1.10. The second kappa shape index (κ2) is 13.2. The van der Waals surface area contributed by atoms with Crippen molar-refractivity contribution >= 4 is 71.3 Å². The fourth-order valence-corrected chi connectivity index (χ4v) is 8.67. The van der Waals surface area contributed by atoms with Gasteiger partial charge in [0.25, 0.3) is 0 Å². The molecule has 262 valence electrons. The molecule has 2 heteroatoms. The van der Waals surface area contributed by atoms with Crippen LogP contribution in [0.25, 0.3) is 87.6 Å². The third-order valence-corrected chi connectivity index (χ3v) is 11.2. The van der Waals surface area contributed by atoms with Crippen LogP contribution in [0.4, 0.5) is 17.1 Å². The van der Waals surface area contributed by atoms with Crippen molar-refractivity contribution in [3.8, 4) is 33.4 Å². The van der Waals surface area contributed by atoms with Gasteiger partial charge >= 0.3 is 0 Å². The number of nitrogens with zero attached hydrogens (tertiary/aromatic N) is 1. The van der Waals surface area contributed by atoms with Crippen molar-refractivity contribution in [3.63, 3.8) is 0 Å². The van der Waals surface area contributed by atoms with Gasteiger partial charge in [-0.15, -0.1) is 0 Å². The molecular weight excluding hydrogens is 679 g/mol. The topological polar surface area (TPSA) is 16.4 Å². The van der Waals surface area contributed by atoms with Gasteiger partial charge in [-0.1, -0.05) is 158 Å². The van der Waals surface area contributed by atoms with E-state index in [0.29, 0.717) is 0 Å². The van der Waals surface area contributed by atoms with Crippen LogP contribution in [0.1, 0.15) is 0 Å². The van der Waals surface area contributed by atoms with E-state index < -0.39 is 0 Å². The first kappa shape index (κ1) is 32.0. The Labute approximate surface area is 325 Å². The Hall–Kier alpha value is -7.42. The van der Waals surface area contributed by atoms with Crippen molar-refractivity contribution in [1.29, 1.82) is 0 Å². The highest BCUT2D eigenvalue weighted by atomic mass is 16.3. The molecule has 1 heterocycles. The molecule has 2 nitrogen and oxygen atoms in total. The van der Waals surface area contributed by atoms with Gasteiger partial charge in [-0.05, 0) is 115 Å². The van der Waals surface area contributed by atoms with Crippen LogP contribution < -0.4 is 4.90 Å². The number of para-hydroxylation sites is 1. The molecule has 10 aromatic carbocycles. The zero-order valence-corrected chi connectivity index (χ0v) is 30.6. The summed E-state index contributed by atoms with van der Waals surface area (Å²) in [6.45, 7) is 0. The first-order valence-corrected chi connectivity index (χ1v) is 19.2. The molecule has 0 bridgehead atoms. The molecule has 11 rings (SSSR count). The normalized spacial score (nSPS) is 11.6. The van der Waals surface area contributed by atoms with Crippen LogP contribution in [-0.4, -0.2) is 0 Å². The van der Waals surface area contributed by atoms with E-state index in [9.17, 15) is 0 Å². The van der Waals surface area contributed by atoms with E-state index in [1.54, 1.807) is 0 Å². The van der Waals surface area contributed by atoms with E-state index in [1.165, 1.54) is 71.1 Å². The summed E-state index contributed by atoms with van der Waals surface area (Å²) in [5.74, 6) is 0. The summed E-state index contributed by atoms with van der Waals surface area (Å²) in [6.07, 6.45) is 0. The lowest BCUT2D eigenvalue weighted by Gasteiger charge is -2.26. The van der Waals surface area contributed by atoms with Crippen LogP contribution in [0.3, 0.4) is 0 Å². The summed E-state index contributed by atoms with van der Waals surface area (Å²) < 4.78 is 6.38. The highest BCUT2D eigenvalue weighted by Crippen LogP contribution is 2.46. The molecule has 0 N–H and O–H groups in total. The summed E-state index contributed by atoms with van der Waals surface area (Å²) >= 11 is 0. The Morgan fingerprint density at radius 2 is 0.750 bits per heavy atom. The van der Waals surface area contributed by atoms with Crippen LogP contribution >= 0.6 is 0 Å². The maximum atomic E-state index is 6.38. The van der Waals surface area contributed by atoms with E-state index in [-0.39, 0.29) is 0 Å². The highest BCUT2D eigenvalue weighted by molar-refractivity contribution is 6.36. The number of benzene rings is 10. The summed E-state index contributed by atoms with van der Waals surface area (Å²) in [7, 11) is 0. The molecule has 11 aromatic rings. The molecule has 56 heavy (non-hydrogen) atoms. The summed E-state index contributed by atoms with van der Waals surface area (Å²) in [5, 5.41) is 9.75. The van der Waals surface area contributed by atoms with E-state index in [1.807, 2.05) is 6.07 Å². The minimum atomic E-state index is 0.915. The highest BCUT2D eigenvalue weighted by Gasteiger charge is 2.19. The van der Waals surface area contributed by atoms with Gasteiger partial charge in [0.05, 0.1) is 0 Å². The number of hydrogen-bond donors (Lipinski definition) is 0. The van der Waals surface area contributed by atoms with Crippen LogP contribution in [-0.2, 0) is 0 Å². The molecule has 0 aliphatic carbocycles. The third-order valence-electron chi connectivity index (χ3n) is 11.2. The lowest BCUT2D eigenvalue weighted by molar-refractivity contribution is 0.669. The molecule has 0 amide bonds. The lowest BCUT2D eigenvalue weighted by Crippen LogP contribution is -2.10. The number of fused-ring (bicyclic) bond motifs is 10. The Morgan fingerprint density at radius 1 is 0.268 bits per heavy atom. The van der Waals surface area contributed by atoms with E-state index in [0.717, 1.165) is 33.6 Å². The predicted molar refractivity (Wildman–Crippen MR) is 237 cm³/mol. The second-order valence-corrected chi connectivity index (χ2v) is 14.4. The predicted octanol–water partition coefficient (Wildman–Crippen LogP) is 15.5. The largest absolute Gasteiger partial charge is 0.456 e. The van der Waals surface area contributed by atoms with E-state index in [2.05, 4.69) is 211 Å². The number of anilines is 3. The molecule has 0 aliphatic rings. The zero-order chi connectivity index (χ0) is 37.0. The average molecular weight is 714 g/mol. The quantitative estimate of drug-likeness (QED) is 0.160. The molecule has 0 radical (unpaired) electrons. The van der Waals surface area contributed by atoms with Crippen molar-refractivity contribution in [2.24, 2.45) is 0 Å². The first-order chi connectivity index (χ1) is 27.8. The van der Waals surface area contributed by atoms with Crippen molar-refractivity contribution in [3.05, 3.63) is 212 Å². The molecule has 0 fully saturated rings. The summed E-state index contributed by atoms with van der Waals surface area (Å²) in [4.78, 5) is 2.37. The lowest BCUT2D eigenvalue weighted by atomic mass is 9.88.